The first-order valence-corrected chi connectivity index (χ1v) is 6.79. The fourth-order valence-electron chi connectivity index (χ4n) is 2.04. The lowest BCUT2D eigenvalue weighted by molar-refractivity contribution is -0.137. The smallest absolute Gasteiger partial charge is 0.386 e. The highest BCUT2D eigenvalue weighted by atomic mass is 35.5. The van der Waals surface area contributed by atoms with Crippen molar-refractivity contribution in [2.45, 2.75) is 32.5 Å². The van der Waals surface area contributed by atoms with Crippen LogP contribution in [-0.2, 0) is 22.2 Å². The molecule has 8 heteroatoms. The Labute approximate surface area is 131 Å². The summed E-state index contributed by atoms with van der Waals surface area (Å²) in [7, 11) is 1.34. The summed E-state index contributed by atoms with van der Waals surface area (Å²) >= 11 is 5.87. The van der Waals surface area contributed by atoms with E-state index in [1.165, 1.54) is 27.0 Å². The number of ketones is 1. The first kappa shape index (κ1) is 18.3. The predicted molar refractivity (Wildman–Crippen MR) is 78.0 cm³/mol. The van der Waals surface area contributed by atoms with Gasteiger partial charge in [-0.05, 0) is 31.0 Å². The van der Waals surface area contributed by atoms with E-state index in [9.17, 15) is 22.8 Å². The third-order valence-electron chi connectivity index (χ3n) is 3.01. The van der Waals surface area contributed by atoms with Crippen LogP contribution in [0.5, 0.6) is 0 Å². The Morgan fingerprint density at radius 3 is 2.27 bits per heavy atom. The molecule has 0 heterocycles. The highest BCUT2D eigenvalue weighted by Gasteiger charge is 2.35. The van der Waals surface area contributed by atoms with Crippen LogP contribution in [0.1, 0.15) is 25.0 Å². The predicted octanol–water partition coefficient (Wildman–Crippen LogP) is 3.04. The molecular weight excluding hydrogens is 321 g/mol. The lowest BCUT2D eigenvalue weighted by Crippen LogP contribution is -2.40. The number of nitrogens with one attached hydrogen (secondary N) is 2. The van der Waals surface area contributed by atoms with Gasteiger partial charge in [0.25, 0.3) is 0 Å². The third kappa shape index (κ3) is 4.62. The molecule has 0 bridgehead atoms. The van der Waals surface area contributed by atoms with Crippen molar-refractivity contribution in [3.8, 4) is 0 Å². The normalized spacial score (nSPS) is 12.7. The number of carbonyl (C=O) groups is 2. The van der Waals surface area contributed by atoms with E-state index in [-0.39, 0.29) is 28.5 Å². The maximum atomic E-state index is 13.1. The van der Waals surface area contributed by atoms with Crippen molar-refractivity contribution in [1.82, 2.24) is 5.32 Å². The van der Waals surface area contributed by atoms with Crippen LogP contribution in [0, 0.1) is 0 Å². The molecule has 1 aromatic rings. The first-order chi connectivity index (χ1) is 10.1. The van der Waals surface area contributed by atoms with Crippen molar-refractivity contribution in [2.24, 2.45) is 0 Å². The molecule has 0 unspecified atom stereocenters. The lowest BCUT2D eigenvalue weighted by atomic mass is 9.99. The SMILES string of the molecule is CNc1c(Cl)cc(C[C@@H](NC(C)=O)C(C)=O)cc1C(F)(F)F. The van der Waals surface area contributed by atoms with Gasteiger partial charge in [-0.15, -0.1) is 0 Å². The minimum absolute atomic E-state index is 0.0678. The van der Waals surface area contributed by atoms with Gasteiger partial charge in [-0.2, -0.15) is 13.2 Å². The Balaban J connectivity index is 3.23. The van der Waals surface area contributed by atoms with E-state index in [1.807, 2.05) is 0 Å². The van der Waals surface area contributed by atoms with Crippen LogP contribution < -0.4 is 10.6 Å². The second-order valence-corrected chi connectivity index (χ2v) is 5.22. The van der Waals surface area contributed by atoms with E-state index in [1.54, 1.807) is 0 Å². The molecule has 2 N–H and O–H groups in total. The standard InChI is InChI=1S/C14H16ClF3N2O2/c1-7(21)12(20-8(2)22)6-9-4-10(14(16,17)18)13(19-3)11(15)5-9/h4-5,12,19H,6H2,1-3H3,(H,20,22)/t12-/m1/s1. The quantitative estimate of drug-likeness (QED) is 0.869. The van der Waals surface area contributed by atoms with E-state index in [2.05, 4.69) is 10.6 Å². The van der Waals surface area contributed by atoms with Crippen LogP contribution in [-0.4, -0.2) is 24.8 Å². The van der Waals surface area contributed by atoms with Crippen molar-refractivity contribution < 1.29 is 22.8 Å². The molecule has 0 fully saturated rings. The first-order valence-electron chi connectivity index (χ1n) is 6.41. The highest BCUT2D eigenvalue weighted by molar-refractivity contribution is 6.33. The fraction of sp³-hybridized carbons (Fsp3) is 0.429. The number of amides is 1. The molecule has 0 aromatic heterocycles. The average Bonchev–Trinajstić information content (AvgIpc) is 2.35. The van der Waals surface area contributed by atoms with Gasteiger partial charge in [0.05, 0.1) is 22.3 Å². The summed E-state index contributed by atoms with van der Waals surface area (Å²) < 4.78 is 39.2. The summed E-state index contributed by atoms with van der Waals surface area (Å²) in [5.41, 5.74) is -0.926. The molecule has 0 saturated heterocycles. The molecule has 1 amide bonds. The fourth-order valence-corrected chi connectivity index (χ4v) is 2.37. The number of hydrogen-bond donors (Lipinski definition) is 2. The van der Waals surface area contributed by atoms with Crippen molar-refractivity contribution in [3.63, 3.8) is 0 Å². The Morgan fingerprint density at radius 2 is 1.86 bits per heavy atom. The number of Topliss-reactive ketones (excluding diaryl/α,β-unsaturated/α-hetero) is 1. The number of hydrogen-bond acceptors (Lipinski definition) is 3. The van der Waals surface area contributed by atoms with E-state index in [0.29, 0.717) is 0 Å². The molecule has 1 atom stereocenters. The van der Waals surface area contributed by atoms with Gasteiger partial charge < -0.3 is 10.6 Å². The van der Waals surface area contributed by atoms with Gasteiger partial charge in [0.1, 0.15) is 0 Å². The molecule has 122 valence electrons. The Bertz CT molecular complexity index is 588. The van der Waals surface area contributed by atoms with Crippen molar-refractivity contribution >= 4 is 29.0 Å². The van der Waals surface area contributed by atoms with Crippen molar-refractivity contribution in [2.75, 3.05) is 12.4 Å². The maximum Gasteiger partial charge on any atom is 0.418 e. The molecule has 0 aliphatic carbocycles. The van der Waals surface area contributed by atoms with E-state index < -0.39 is 23.7 Å². The van der Waals surface area contributed by atoms with Gasteiger partial charge in [0.2, 0.25) is 5.91 Å². The second-order valence-electron chi connectivity index (χ2n) is 4.82. The number of benzene rings is 1. The van der Waals surface area contributed by atoms with Crippen LogP contribution in [0.2, 0.25) is 5.02 Å². The molecule has 0 spiro atoms. The van der Waals surface area contributed by atoms with Crippen LogP contribution in [0.3, 0.4) is 0 Å². The van der Waals surface area contributed by atoms with Crippen LogP contribution in [0.25, 0.3) is 0 Å². The van der Waals surface area contributed by atoms with E-state index >= 15 is 0 Å². The molecule has 1 rings (SSSR count). The van der Waals surface area contributed by atoms with Gasteiger partial charge in [0, 0.05) is 14.0 Å². The Kier molecular flexibility index (Phi) is 5.82. The van der Waals surface area contributed by atoms with Gasteiger partial charge in [-0.1, -0.05) is 11.6 Å². The number of alkyl halides is 3. The minimum atomic E-state index is -4.59. The van der Waals surface area contributed by atoms with Gasteiger partial charge in [-0.25, -0.2) is 0 Å². The zero-order chi connectivity index (χ0) is 17.1. The number of halogens is 4. The van der Waals surface area contributed by atoms with Crippen LogP contribution >= 0.6 is 11.6 Å². The Hall–Kier alpha value is -1.76. The molecule has 0 aliphatic heterocycles. The number of anilines is 1. The summed E-state index contributed by atoms with van der Waals surface area (Å²) in [5.74, 6) is -0.785. The van der Waals surface area contributed by atoms with Gasteiger partial charge in [0.15, 0.2) is 5.78 Å². The summed E-state index contributed by atoms with van der Waals surface area (Å²) in [4.78, 5) is 22.6. The van der Waals surface area contributed by atoms with Crippen molar-refractivity contribution in [1.29, 1.82) is 0 Å². The molecule has 0 radical (unpaired) electrons. The monoisotopic (exact) mass is 336 g/mol. The third-order valence-corrected chi connectivity index (χ3v) is 3.31. The number of carbonyl (C=O) groups excluding carboxylic acids is 2. The van der Waals surface area contributed by atoms with Crippen molar-refractivity contribution in [3.05, 3.63) is 28.3 Å². The van der Waals surface area contributed by atoms with Crippen LogP contribution in [0.4, 0.5) is 18.9 Å². The zero-order valence-electron chi connectivity index (χ0n) is 12.3. The highest BCUT2D eigenvalue weighted by Crippen LogP contribution is 2.39. The number of rotatable bonds is 5. The minimum Gasteiger partial charge on any atom is -0.386 e. The van der Waals surface area contributed by atoms with Crippen LogP contribution in [0.15, 0.2) is 12.1 Å². The molecular formula is C14H16ClF3N2O2. The topological polar surface area (TPSA) is 58.2 Å². The van der Waals surface area contributed by atoms with Gasteiger partial charge >= 0.3 is 6.18 Å². The molecule has 0 saturated carbocycles. The van der Waals surface area contributed by atoms with Gasteiger partial charge in [-0.3, -0.25) is 9.59 Å². The summed E-state index contributed by atoms with van der Waals surface area (Å²) in [6, 6.07) is 1.38. The maximum absolute atomic E-state index is 13.1. The summed E-state index contributed by atoms with van der Waals surface area (Å²) in [6.45, 7) is 2.49. The molecule has 4 nitrogen and oxygen atoms in total. The zero-order valence-corrected chi connectivity index (χ0v) is 13.0. The summed E-state index contributed by atoms with van der Waals surface area (Å²) in [5, 5.41) is 4.72. The molecule has 0 aliphatic rings. The second kappa shape index (κ2) is 7.00. The molecule has 1 aromatic carbocycles. The summed E-state index contributed by atoms with van der Waals surface area (Å²) in [6.07, 6.45) is -4.65. The lowest BCUT2D eigenvalue weighted by Gasteiger charge is -2.19. The molecule has 22 heavy (non-hydrogen) atoms. The van der Waals surface area contributed by atoms with E-state index in [0.717, 1.165) is 6.07 Å². The largest absolute Gasteiger partial charge is 0.418 e. The Morgan fingerprint density at radius 1 is 1.27 bits per heavy atom. The average molecular weight is 337 g/mol. The van der Waals surface area contributed by atoms with E-state index in [4.69, 9.17) is 11.6 Å².